The van der Waals surface area contributed by atoms with Crippen LogP contribution < -0.4 is 16.2 Å². The molecule has 2 aromatic rings. The summed E-state index contributed by atoms with van der Waals surface area (Å²) in [5.41, 5.74) is 0.159. The van der Waals surface area contributed by atoms with Gasteiger partial charge < -0.3 is 20.4 Å². The van der Waals surface area contributed by atoms with Crippen LogP contribution in [0.1, 0.15) is 5.69 Å². The van der Waals surface area contributed by atoms with Crippen LogP contribution in [0.4, 0.5) is 10.1 Å². The van der Waals surface area contributed by atoms with E-state index in [0.29, 0.717) is 5.69 Å². The molecule has 3 N–H and O–H groups in total. The molecule has 9 nitrogen and oxygen atoms in total. The number of carbonyl (C=O) groups is 3. The second-order valence-electron chi connectivity index (χ2n) is 5.42. The fourth-order valence-electron chi connectivity index (χ4n) is 1.96. The summed E-state index contributed by atoms with van der Waals surface area (Å²) in [4.78, 5) is 53.0. The lowest BCUT2D eigenvalue weighted by Crippen LogP contribution is -2.34. The zero-order chi connectivity index (χ0) is 20.5. The summed E-state index contributed by atoms with van der Waals surface area (Å²) < 4.78 is 17.3. The van der Waals surface area contributed by atoms with Crippen LogP contribution in [0.2, 0.25) is 0 Å². The van der Waals surface area contributed by atoms with Crippen LogP contribution >= 0.6 is 11.8 Å². The van der Waals surface area contributed by atoms with Gasteiger partial charge in [-0.1, -0.05) is 11.8 Å². The standard InChI is InChI=1S/C17H17FN4O5S/c1-27-16(26)7-12-6-13(23)22-17(21-12)28-9-15(25)19-8-14(24)20-11-4-2-10(18)3-5-11/h2-6H,7-9H2,1H3,(H,19,25)(H,20,24)(H,21,22,23). The van der Waals surface area contributed by atoms with Gasteiger partial charge >= 0.3 is 5.97 Å². The molecule has 0 spiro atoms. The van der Waals surface area contributed by atoms with Gasteiger partial charge in [-0.25, -0.2) is 9.37 Å². The van der Waals surface area contributed by atoms with Gasteiger partial charge in [-0.05, 0) is 24.3 Å². The van der Waals surface area contributed by atoms with E-state index in [1.54, 1.807) is 0 Å². The van der Waals surface area contributed by atoms with E-state index in [1.165, 1.54) is 37.4 Å². The second-order valence-corrected chi connectivity index (χ2v) is 6.38. The maximum Gasteiger partial charge on any atom is 0.311 e. The summed E-state index contributed by atoms with van der Waals surface area (Å²) in [6, 6.07) is 6.36. The SMILES string of the molecule is COC(=O)Cc1cc(=O)[nH]c(SCC(=O)NCC(=O)Nc2ccc(F)cc2)n1. The number of aromatic amines is 1. The normalized spacial score (nSPS) is 10.2. The highest BCUT2D eigenvalue weighted by atomic mass is 32.2. The van der Waals surface area contributed by atoms with E-state index in [1.807, 2.05) is 0 Å². The van der Waals surface area contributed by atoms with Crippen LogP contribution in [0.3, 0.4) is 0 Å². The number of hydrogen-bond acceptors (Lipinski definition) is 7. The number of halogens is 1. The zero-order valence-electron chi connectivity index (χ0n) is 14.8. The Kier molecular flexibility index (Phi) is 7.69. The van der Waals surface area contributed by atoms with Crippen molar-refractivity contribution >= 4 is 35.2 Å². The minimum atomic E-state index is -0.543. The highest BCUT2D eigenvalue weighted by Crippen LogP contribution is 2.11. The number of amides is 2. The van der Waals surface area contributed by atoms with E-state index in [0.717, 1.165) is 11.8 Å². The Balaban J connectivity index is 1.80. The van der Waals surface area contributed by atoms with Crippen molar-refractivity contribution in [3.8, 4) is 0 Å². The van der Waals surface area contributed by atoms with Crippen LogP contribution in [0.5, 0.6) is 0 Å². The highest BCUT2D eigenvalue weighted by molar-refractivity contribution is 7.99. The van der Waals surface area contributed by atoms with Crippen molar-refractivity contribution < 1.29 is 23.5 Å². The maximum absolute atomic E-state index is 12.8. The van der Waals surface area contributed by atoms with E-state index in [2.05, 4.69) is 25.3 Å². The number of benzene rings is 1. The molecule has 0 saturated heterocycles. The van der Waals surface area contributed by atoms with Crippen LogP contribution in [0.25, 0.3) is 0 Å². The van der Waals surface area contributed by atoms with Crippen LogP contribution in [0, 0.1) is 5.82 Å². The molecule has 0 radical (unpaired) electrons. The molecular weight excluding hydrogens is 391 g/mol. The number of esters is 1. The average Bonchev–Trinajstić information content (AvgIpc) is 2.66. The molecule has 28 heavy (non-hydrogen) atoms. The summed E-state index contributed by atoms with van der Waals surface area (Å²) in [7, 11) is 1.22. The molecule has 0 aliphatic rings. The number of anilines is 1. The lowest BCUT2D eigenvalue weighted by Gasteiger charge is -2.07. The Bertz CT molecular complexity index is 917. The van der Waals surface area contributed by atoms with Gasteiger partial charge in [-0.15, -0.1) is 0 Å². The lowest BCUT2D eigenvalue weighted by molar-refractivity contribution is -0.139. The number of nitrogens with one attached hydrogen (secondary N) is 3. The van der Waals surface area contributed by atoms with Gasteiger partial charge in [0.1, 0.15) is 5.82 Å². The fraction of sp³-hybridized carbons (Fsp3) is 0.235. The molecule has 0 fully saturated rings. The van der Waals surface area contributed by atoms with Gasteiger partial charge in [0.05, 0.1) is 31.5 Å². The number of aromatic nitrogens is 2. The minimum Gasteiger partial charge on any atom is -0.469 e. The molecule has 0 saturated carbocycles. The Labute approximate surface area is 163 Å². The Morgan fingerprint density at radius 1 is 1.21 bits per heavy atom. The van der Waals surface area contributed by atoms with Crippen LogP contribution in [-0.4, -0.2) is 47.2 Å². The van der Waals surface area contributed by atoms with Gasteiger partial charge in [-0.2, -0.15) is 0 Å². The Morgan fingerprint density at radius 2 is 1.93 bits per heavy atom. The molecule has 0 aliphatic heterocycles. The smallest absolute Gasteiger partial charge is 0.311 e. The molecular formula is C17H17FN4O5S. The zero-order valence-corrected chi connectivity index (χ0v) is 15.6. The topological polar surface area (TPSA) is 130 Å². The van der Waals surface area contributed by atoms with Gasteiger partial charge in [0.15, 0.2) is 5.16 Å². The van der Waals surface area contributed by atoms with E-state index >= 15 is 0 Å². The van der Waals surface area contributed by atoms with E-state index in [9.17, 15) is 23.6 Å². The molecule has 148 valence electrons. The Morgan fingerprint density at radius 3 is 2.61 bits per heavy atom. The molecule has 0 aliphatic carbocycles. The molecule has 0 unspecified atom stereocenters. The van der Waals surface area contributed by atoms with Gasteiger partial charge in [-0.3, -0.25) is 19.2 Å². The average molecular weight is 408 g/mol. The van der Waals surface area contributed by atoms with Crippen molar-refractivity contribution in [1.82, 2.24) is 15.3 Å². The molecule has 1 aromatic carbocycles. The monoisotopic (exact) mass is 408 g/mol. The number of H-pyrrole nitrogens is 1. The molecule has 0 atom stereocenters. The number of methoxy groups -OCH3 is 1. The summed E-state index contributed by atoms with van der Waals surface area (Å²) in [6.07, 6.45) is -0.163. The number of nitrogens with zero attached hydrogens (tertiary/aromatic N) is 1. The first-order chi connectivity index (χ1) is 13.4. The number of hydrogen-bond donors (Lipinski definition) is 3. The highest BCUT2D eigenvalue weighted by Gasteiger charge is 2.10. The van der Waals surface area contributed by atoms with Gasteiger partial charge in [0.2, 0.25) is 11.8 Å². The summed E-state index contributed by atoms with van der Waals surface area (Å²) in [5, 5.41) is 5.09. The summed E-state index contributed by atoms with van der Waals surface area (Å²) in [6.45, 7) is -0.275. The van der Waals surface area contributed by atoms with Crippen molar-refractivity contribution in [1.29, 1.82) is 0 Å². The minimum absolute atomic E-state index is 0.103. The van der Waals surface area contributed by atoms with E-state index in [-0.39, 0.29) is 29.6 Å². The first-order valence-corrected chi connectivity index (χ1v) is 8.96. The number of rotatable bonds is 8. The molecule has 2 amide bonds. The van der Waals surface area contributed by atoms with Crippen molar-refractivity contribution in [2.75, 3.05) is 24.7 Å². The number of carbonyl (C=O) groups excluding carboxylic acids is 3. The second kappa shape index (κ2) is 10.2. The van der Waals surface area contributed by atoms with Crippen LogP contribution in [-0.2, 0) is 25.5 Å². The first kappa shape index (κ1) is 21.1. The third kappa shape index (κ3) is 7.19. The van der Waals surface area contributed by atoms with Crippen molar-refractivity contribution in [3.05, 3.63) is 52.2 Å². The molecule has 0 bridgehead atoms. The molecule has 1 heterocycles. The third-order valence-electron chi connectivity index (χ3n) is 3.24. The van der Waals surface area contributed by atoms with Crippen molar-refractivity contribution in [3.63, 3.8) is 0 Å². The molecule has 11 heteroatoms. The van der Waals surface area contributed by atoms with E-state index < -0.39 is 29.2 Å². The lowest BCUT2D eigenvalue weighted by atomic mass is 10.3. The first-order valence-electron chi connectivity index (χ1n) is 7.97. The predicted octanol–water partition coefficient (Wildman–Crippen LogP) is 0.471. The third-order valence-corrected chi connectivity index (χ3v) is 4.11. The van der Waals surface area contributed by atoms with Gasteiger partial charge in [0, 0.05) is 11.8 Å². The van der Waals surface area contributed by atoms with Crippen molar-refractivity contribution in [2.45, 2.75) is 11.6 Å². The Hall–Kier alpha value is -3.21. The summed E-state index contributed by atoms with van der Waals surface area (Å²) in [5.74, 6) is -2.00. The quantitative estimate of drug-likeness (QED) is 0.329. The fourth-order valence-corrected chi connectivity index (χ4v) is 2.69. The van der Waals surface area contributed by atoms with Gasteiger partial charge in [0.25, 0.3) is 5.56 Å². The largest absolute Gasteiger partial charge is 0.469 e. The maximum atomic E-state index is 12.8. The predicted molar refractivity (Wildman–Crippen MR) is 99.3 cm³/mol. The molecule has 2 rings (SSSR count). The van der Waals surface area contributed by atoms with Crippen molar-refractivity contribution in [2.24, 2.45) is 0 Å². The van der Waals surface area contributed by atoms with E-state index in [4.69, 9.17) is 0 Å². The summed E-state index contributed by atoms with van der Waals surface area (Å²) >= 11 is 0.945. The number of ether oxygens (including phenoxy) is 1. The van der Waals surface area contributed by atoms with Crippen LogP contribution in [0.15, 0.2) is 40.3 Å². The number of thioether (sulfide) groups is 1. The molecule has 1 aromatic heterocycles.